The van der Waals surface area contributed by atoms with E-state index in [1.807, 2.05) is 30.9 Å². The largest absolute Gasteiger partial charge is 0.353 e. The molecule has 1 aromatic heterocycles. The van der Waals surface area contributed by atoms with Crippen LogP contribution in [0.5, 0.6) is 0 Å². The van der Waals surface area contributed by atoms with E-state index >= 15 is 0 Å². The molecule has 0 bridgehead atoms. The molecule has 2 heterocycles. The summed E-state index contributed by atoms with van der Waals surface area (Å²) in [6, 6.07) is 13.9. The summed E-state index contributed by atoms with van der Waals surface area (Å²) >= 11 is 0. The number of aryl methyl sites for hydroxylation is 2. The lowest BCUT2D eigenvalue weighted by molar-refractivity contribution is 0.0746. The number of amides is 1. The Morgan fingerprint density at radius 3 is 2.13 bits per heavy atom. The first-order valence-electron chi connectivity index (χ1n) is 10.1. The Balaban J connectivity index is 1.52. The van der Waals surface area contributed by atoms with Crippen LogP contribution in [-0.2, 0) is 0 Å². The van der Waals surface area contributed by atoms with Crippen molar-refractivity contribution in [3.05, 3.63) is 76.7 Å². The molecule has 1 aliphatic heterocycles. The molecule has 1 aliphatic rings. The molecule has 1 amide bonds. The van der Waals surface area contributed by atoms with Gasteiger partial charge in [0.25, 0.3) is 5.91 Å². The molecule has 0 atom stereocenters. The van der Waals surface area contributed by atoms with Crippen LogP contribution in [0, 0.1) is 26.6 Å². The fraction of sp³-hybridized carbons (Fsp3) is 0.292. The van der Waals surface area contributed by atoms with Gasteiger partial charge >= 0.3 is 0 Å². The Hall–Kier alpha value is -3.28. The fourth-order valence-corrected chi connectivity index (χ4v) is 3.65. The number of benzene rings is 2. The van der Waals surface area contributed by atoms with Crippen molar-refractivity contribution in [3.63, 3.8) is 0 Å². The van der Waals surface area contributed by atoms with E-state index < -0.39 is 0 Å². The molecule has 0 N–H and O–H groups in total. The molecule has 0 aliphatic carbocycles. The van der Waals surface area contributed by atoms with Gasteiger partial charge in [-0.05, 0) is 45.0 Å². The molecule has 154 valence electrons. The summed E-state index contributed by atoms with van der Waals surface area (Å²) < 4.78 is 13.1. The van der Waals surface area contributed by atoms with Crippen LogP contribution >= 0.6 is 0 Å². The predicted molar refractivity (Wildman–Crippen MR) is 116 cm³/mol. The van der Waals surface area contributed by atoms with Crippen molar-refractivity contribution >= 4 is 11.7 Å². The lowest BCUT2D eigenvalue weighted by Crippen LogP contribution is -2.49. The van der Waals surface area contributed by atoms with Crippen LogP contribution in [-0.4, -0.2) is 47.0 Å². The van der Waals surface area contributed by atoms with Crippen LogP contribution in [0.25, 0.3) is 11.4 Å². The Kier molecular flexibility index (Phi) is 5.48. The number of halogens is 1. The smallest absolute Gasteiger partial charge is 0.253 e. The van der Waals surface area contributed by atoms with Crippen LogP contribution in [0.1, 0.15) is 27.2 Å². The molecule has 2 aromatic carbocycles. The number of anilines is 1. The summed E-state index contributed by atoms with van der Waals surface area (Å²) in [6.07, 6.45) is 0. The number of carbonyl (C=O) groups excluding carboxylic acids is 1. The van der Waals surface area contributed by atoms with Crippen molar-refractivity contribution in [2.24, 2.45) is 0 Å². The minimum atomic E-state index is -0.338. The minimum Gasteiger partial charge on any atom is -0.353 e. The zero-order valence-corrected chi connectivity index (χ0v) is 17.5. The summed E-state index contributed by atoms with van der Waals surface area (Å²) in [5.41, 5.74) is 4.73. The molecule has 1 fully saturated rings. The summed E-state index contributed by atoms with van der Waals surface area (Å²) in [4.78, 5) is 26.3. The van der Waals surface area contributed by atoms with E-state index in [1.54, 1.807) is 0 Å². The number of hydrogen-bond donors (Lipinski definition) is 0. The first kappa shape index (κ1) is 20.0. The molecule has 0 spiro atoms. The number of hydrogen-bond acceptors (Lipinski definition) is 4. The molecular formula is C24H25FN4O. The van der Waals surface area contributed by atoms with E-state index in [1.165, 1.54) is 29.8 Å². The quantitative estimate of drug-likeness (QED) is 0.657. The van der Waals surface area contributed by atoms with Gasteiger partial charge in [-0.15, -0.1) is 0 Å². The lowest BCUT2D eigenvalue weighted by Gasteiger charge is -2.36. The van der Waals surface area contributed by atoms with Crippen LogP contribution in [0.3, 0.4) is 0 Å². The van der Waals surface area contributed by atoms with Crippen LogP contribution in [0.2, 0.25) is 0 Å². The highest BCUT2D eigenvalue weighted by Gasteiger charge is 2.25. The molecule has 6 heteroatoms. The highest BCUT2D eigenvalue weighted by atomic mass is 19.1. The number of nitrogens with zero attached hydrogens (tertiary/aromatic N) is 4. The Morgan fingerprint density at radius 1 is 0.867 bits per heavy atom. The first-order valence-corrected chi connectivity index (χ1v) is 10.1. The van der Waals surface area contributed by atoms with E-state index in [4.69, 9.17) is 4.98 Å². The highest BCUT2D eigenvalue weighted by Crippen LogP contribution is 2.26. The molecule has 30 heavy (non-hydrogen) atoms. The van der Waals surface area contributed by atoms with Gasteiger partial charge < -0.3 is 9.80 Å². The van der Waals surface area contributed by atoms with E-state index in [2.05, 4.69) is 28.9 Å². The first-order chi connectivity index (χ1) is 14.4. The van der Waals surface area contributed by atoms with Gasteiger partial charge in [0.05, 0.1) is 0 Å². The lowest BCUT2D eigenvalue weighted by atomic mass is 10.1. The number of rotatable bonds is 3. The third-order valence-electron chi connectivity index (χ3n) is 5.63. The third kappa shape index (κ3) is 4.03. The van der Waals surface area contributed by atoms with Crippen LogP contribution < -0.4 is 4.90 Å². The third-order valence-corrected chi connectivity index (χ3v) is 5.63. The van der Waals surface area contributed by atoms with Crippen molar-refractivity contribution in [2.75, 3.05) is 31.1 Å². The maximum absolute atomic E-state index is 13.1. The summed E-state index contributed by atoms with van der Waals surface area (Å²) in [5, 5.41) is 0. The summed E-state index contributed by atoms with van der Waals surface area (Å²) in [5.74, 6) is 1.24. The van der Waals surface area contributed by atoms with Gasteiger partial charge in [0.2, 0.25) is 0 Å². The van der Waals surface area contributed by atoms with Gasteiger partial charge in [-0.1, -0.05) is 29.8 Å². The zero-order chi connectivity index (χ0) is 21.3. The van der Waals surface area contributed by atoms with Gasteiger partial charge in [0, 0.05) is 48.6 Å². The van der Waals surface area contributed by atoms with E-state index in [-0.39, 0.29) is 11.7 Å². The molecule has 0 unspecified atom stereocenters. The molecule has 0 radical (unpaired) electrons. The molecule has 1 saturated heterocycles. The van der Waals surface area contributed by atoms with Crippen molar-refractivity contribution in [1.82, 2.24) is 14.9 Å². The normalized spacial score (nSPS) is 14.1. The predicted octanol–water partition coefficient (Wildman–Crippen LogP) is 4.17. The number of piperazine rings is 1. The molecular weight excluding hydrogens is 379 g/mol. The number of carbonyl (C=O) groups is 1. The van der Waals surface area contributed by atoms with Crippen LogP contribution in [0.4, 0.5) is 10.2 Å². The Labute approximate surface area is 176 Å². The van der Waals surface area contributed by atoms with Gasteiger partial charge in [-0.3, -0.25) is 4.79 Å². The molecule has 0 saturated carbocycles. The van der Waals surface area contributed by atoms with Crippen molar-refractivity contribution in [1.29, 1.82) is 0 Å². The average Bonchev–Trinajstić information content (AvgIpc) is 2.76. The van der Waals surface area contributed by atoms with Crippen molar-refractivity contribution < 1.29 is 9.18 Å². The van der Waals surface area contributed by atoms with E-state index in [9.17, 15) is 9.18 Å². The second-order valence-electron chi connectivity index (χ2n) is 7.73. The average molecular weight is 404 g/mol. The maximum atomic E-state index is 13.1. The van der Waals surface area contributed by atoms with Gasteiger partial charge in [0.15, 0.2) is 5.82 Å². The SMILES string of the molecule is Cc1ccc(-c2nc(C)c(C)c(N3CCN(C(=O)c4ccc(F)cc4)CC3)n2)cc1. The van der Waals surface area contributed by atoms with Crippen molar-refractivity contribution in [2.45, 2.75) is 20.8 Å². The van der Waals surface area contributed by atoms with Crippen LogP contribution in [0.15, 0.2) is 48.5 Å². The van der Waals surface area contributed by atoms with Crippen molar-refractivity contribution in [3.8, 4) is 11.4 Å². The summed E-state index contributed by atoms with van der Waals surface area (Å²) in [6.45, 7) is 8.68. The molecule has 4 rings (SSSR count). The second-order valence-corrected chi connectivity index (χ2v) is 7.73. The van der Waals surface area contributed by atoms with Gasteiger partial charge in [-0.2, -0.15) is 0 Å². The fourth-order valence-electron chi connectivity index (χ4n) is 3.65. The Bertz CT molecular complexity index is 1060. The minimum absolute atomic E-state index is 0.0643. The molecule has 5 nitrogen and oxygen atoms in total. The zero-order valence-electron chi connectivity index (χ0n) is 17.5. The van der Waals surface area contributed by atoms with Gasteiger partial charge in [0.1, 0.15) is 11.6 Å². The summed E-state index contributed by atoms with van der Waals surface area (Å²) in [7, 11) is 0. The topological polar surface area (TPSA) is 49.3 Å². The maximum Gasteiger partial charge on any atom is 0.253 e. The monoisotopic (exact) mass is 404 g/mol. The van der Waals surface area contributed by atoms with Gasteiger partial charge in [-0.25, -0.2) is 14.4 Å². The molecule has 3 aromatic rings. The highest BCUT2D eigenvalue weighted by molar-refractivity contribution is 5.94. The number of aromatic nitrogens is 2. The standard InChI is InChI=1S/C24H25FN4O/c1-16-4-6-19(7-5-16)22-26-18(3)17(2)23(27-22)28-12-14-29(15-13-28)24(30)20-8-10-21(25)11-9-20/h4-11H,12-15H2,1-3H3. The van der Waals surface area contributed by atoms with E-state index in [0.717, 1.165) is 28.5 Å². The van der Waals surface area contributed by atoms with E-state index in [0.29, 0.717) is 31.7 Å². The second kappa shape index (κ2) is 8.22. The Morgan fingerprint density at radius 2 is 1.50 bits per heavy atom.